The predicted molar refractivity (Wildman–Crippen MR) is 134 cm³/mol. The van der Waals surface area contributed by atoms with Crippen molar-refractivity contribution in [1.82, 2.24) is 4.90 Å². The zero-order chi connectivity index (χ0) is 24.9. The molecule has 36 heavy (non-hydrogen) atoms. The fourth-order valence-corrected chi connectivity index (χ4v) is 4.86. The van der Waals surface area contributed by atoms with E-state index in [9.17, 15) is 14.3 Å². The van der Waals surface area contributed by atoms with Crippen molar-refractivity contribution < 1.29 is 28.5 Å². The van der Waals surface area contributed by atoms with E-state index in [-0.39, 0.29) is 18.3 Å². The van der Waals surface area contributed by atoms with E-state index in [1.54, 1.807) is 18.2 Å². The molecule has 0 unspecified atom stereocenters. The summed E-state index contributed by atoms with van der Waals surface area (Å²) in [4.78, 5) is 14.7. The number of phenols is 1. The minimum atomic E-state index is -0.514. The lowest BCUT2D eigenvalue weighted by Gasteiger charge is -2.32. The number of amides is 1. The number of likely N-dealkylation sites (tertiary alicyclic amines) is 1. The first-order valence-electron chi connectivity index (χ1n) is 12.4. The number of phenolic OH excluding ortho intramolecular Hbond substituents is 1. The number of benzene rings is 3. The highest BCUT2D eigenvalue weighted by atomic mass is 19.1. The van der Waals surface area contributed by atoms with Crippen molar-refractivity contribution in [2.45, 2.75) is 25.7 Å². The lowest BCUT2D eigenvalue weighted by molar-refractivity contribution is -0.134. The van der Waals surface area contributed by atoms with Gasteiger partial charge in [0.2, 0.25) is 0 Å². The Balaban J connectivity index is 1.11. The minimum absolute atomic E-state index is 0.0570. The van der Waals surface area contributed by atoms with Crippen LogP contribution in [-0.4, -0.2) is 48.8 Å². The van der Waals surface area contributed by atoms with Crippen LogP contribution >= 0.6 is 0 Å². The summed E-state index contributed by atoms with van der Waals surface area (Å²) in [7, 11) is 0. The van der Waals surface area contributed by atoms with Crippen molar-refractivity contribution in [3.05, 3.63) is 72.0 Å². The number of halogens is 1. The number of carbonyl (C=O) groups is 1. The van der Waals surface area contributed by atoms with Crippen molar-refractivity contribution in [3.63, 3.8) is 0 Å². The van der Waals surface area contributed by atoms with Crippen LogP contribution in [0.4, 0.5) is 4.39 Å². The monoisotopic (exact) mass is 491 g/mol. The number of ether oxygens (including phenoxy) is 3. The van der Waals surface area contributed by atoms with E-state index in [4.69, 9.17) is 14.2 Å². The molecule has 0 bridgehead atoms. The number of hydrogen-bond donors (Lipinski definition) is 1. The summed E-state index contributed by atoms with van der Waals surface area (Å²) in [6.07, 6.45) is 3.99. The van der Waals surface area contributed by atoms with Gasteiger partial charge in [0, 0.05) is 30.3 Å². The second-order valence-corrected chi connectivity index (χ2v) is 9.29. The standard InChI is InChI=1S/C29H30FNO5/c30-22-8-9-23(25(32)18-22)24-3-1-2-4-26(24)36-19-29(33)31-13-11-20(12-14-31)5-6-21-7-10-27-28(17-21)35-16-15-34-27/h1-4,7-10,17-18,20,32H,5-6,11-16,19H2. The van der Waals surface area contributed by atoms with Crippen molar-refractivity contribution in [2.24, 2.45) is 5.92 Å². The molecule has 0 spiro atoms. The summed E-state index contributed by atoms with van der Waals surface area (Å²) in [5.41, 5.74) is 2.32. The van der Waals surface area contributed by atoms with Crippen LogP contribution in [0.2, 0.25) is 0 Å². The van der Waals surface area contributed by atoms with E-state index < -0.39 is 5.82 Å². The molecule has 0 radical (unpaired) electrons. The van der Waals surface area contributed by atoms with Crippen LogP contribution in [0, 0.1) is 11.7 Å². The third kappa shape index (κ3) is 5.56. The van der Waals surface area contributed by atoms with Crippen molar-refractivity contribution in [1.29, 1.82) is 0 Å². The van der Waals surface area contributed by atoms with Crippen LogP contribution < -0.4 is 14.2 Å². The summed E-state index contributed by atoms with van der Waals surface area (Å²) < 4.78 is 30.5. The molecule has 2 heterocycles. The molecule has 7 heteroatoms. The number of para-hydroxylation sites is 1. The number of carbonyl (C=O) groups excluding carboxylic acids is 1. The molecule has 0 atom stereocenters. The highest BCUT2D eigenvalue weighted by molar-refractivity contribution is 5.79. The Morgan fingerprint density at radius 1 is 0.972 bits per heavy atom. The van der Waals surface area contributed by atoms with E-state index in [0.717, 1.165) is 43.2 Å². The van der Waals surface area contributed by atoms with Gasteiger partial charge < -0.3 is 24.2 Å². The maximum atomic E-state index is 13.4. The van der Waals surface area contributed by atoms with E-state index in [1.165, 1.54) is 17.7 Å². The van der Waals surface area contributed by atoms with Gasteiger partial charge in [-0.1, -0.05) is 24.3 Å². The largest absolute Gasteiger partial charge is 0.507 e. The lowest BCUT2D eigenvalue weighted by atomic mass is 9.90. The maximum absolute atomic E-state index is 13.4. The van der Waals surface area contributed by atoms with Crippen LogP contribution in [0.15, 0.2) is 60.7 Å². The Bertz CT molecular complexity index is 1220. The fourth-order valence-electron chi connectivity index (χ4n) is 4.86. The first kappa shape index (κ1) is 24.0. The third-order valence-corrected chi connectivity index (χ3v) is 6.90. The highest BCUT2D eigenvalue weighted by Gasteiger charge is 2.24. The van der Waals surface area contributed by atoms with Gasteiger partial charge in [-0.3, -0.25) is 4.79 Å². The van der Waals surface area contributed by atoms with E-state index in [0.29, 0.717) is 49.1 Å². The van der Waals surface area contributed by atoms with Crippen molar-refractivity contribution in [3.8, 4) is 34.1 Å². The van der Waals surface area contributed by atoms with Crippen LogP contribution in [0.1, 0.15) is 24.8 Å². The number of piperidine rings is 1. The van der Waals surface area contributed by atoms with Gasteiger partial charge in [-0.25, -0.2) is 4.39 Å². The highest BCUT2D eigenvalue weighted by Crippen LogP contribution is 2.36. The molecule has 0 saturated carbocycles. The Hall–Kier alpha value is -3.74. The van der Waals surface area contributed by atoms with Crippen molar-refractivity contribution in [2.75, 3.05) is 32.9 Å². The topological polar surface area (TPSA) is 68.2 Å². The second-order valence-electron chi connectivity index (χ2n) is 9.29. The summed E-state index contributed by atoms with van der Waals surface area (Å²) in [6.45, 7) is 2.54. The average molecular weight is 492 g/mol. The third-order valence-electron chi connectivity index (χ3n) is 6.90. The molecule has 188 valence electrons. The first-order chi connectivity index (χ1) is 17.6. The molecular weight excluding hydrogens is 461 g/mol. The Morgan fingerprint density at radius 3 is 2.56 bits per heavy atom. The molecule has 1 amide bonds. The van der Waals surface area contributed by atoms with Gasteiger partial charge in [0.1, 0.15) is 30.5 Å². The van der Waals surface area contributed by atoms with Crippen LogP contribution in [-0.2, 0) is 11.2 Å². The summed E-state index contributed by atoms with van der Waals surface area (Å²) in [6, 6.07) is 17.2. The molecule has 2 aliphatic rings. The molecule has 5 rings (SSSR count). The molecule has 1 N–H and O–H groups in total. The lowest BCUT2D eigenvalue weighted by Crippen LogP contribution is -2.41. The summed E-state index contributed by atoms with van der Waals surface area (Å²) >= 11 is 0. The number of nitrogens with zero attached hydrogens (tertiary/aromatic N) is 1. The predicted octanol–water partition coefficient (Wildman–Crippen LogP) is 5.22. The molecule has 0 aliphatic carbocycles. The summed E-state index contributed by atoms with van der Waals surface area (Å²) in [5, 5.41) is 10.2. The van der Waals surface area contributed by atoms with Gasteiger partial charge in [0.05, 0.1) is 0 Å². The molecular formula is C29H30FNO5. The second kappa shape index (κ2) is 10.9. The van der Waals surface area contributed by atoms with Gasteiger partial charge in [-0.05, 0) is 67.5 Å². The first-order valence-corrected chi connectivity index (χ1v) is 12.4. The SMILES string of the molecule is O=C(COc1ccccc1-c1ccc(F)cc1O)N1CCC(CCc2ccc3c(c2)OCCO3)CC1. The zero-order valence-electron chi connectivity index (χ0n) is 20.1. The number of aryl methyl sites for hydroxylation is 1. The van der Waals surface area contributed by atoms with Gasteiger partial charge in [-0.15, -0.1) is 0 Å². The molecule has 6 nitrogen and oxygen atoms in total. The average Bonchev–Trinajstić information content (AvgIpc) is 2.91. The van der Waals surface area contributed by atoms with E-state index >= 15 is 0 Å². The number of aromatic hydroxyl groups is 1. The molecule has 3 aromatic rings. The maximum Gasteiger partial charge on any atom is 0.260 e. The normalized spacial score (nSPS) is 15.5. The molecule has 1 saturated heterocycles. The summed E-state index contributed by atoms with van der Waals surface area (Å²) in [5.74, 6) is 1.95. The van der Waals surface area contributed by atoms with Gasteiger partial charge >= 0.3 is 0 Å². The van der Waals surface area contributed by atoms with E-state index in [2.05, 4.69) is 12.1 Å². The molecule has 1 fully saturated rings. The van der Waals surface area contributed by atoms with Crippen LogP contribution in [0.3, 0.4) is 0 Å². The fraction of sp³-hybridized carbons (Fsp3) is 0.345. The zero-order valence-corrected chi connectivity index (χ0v) is 20.1. The van der Waals surface area contributed by atoms with Gasteiger partial charge in [0.25, 0.3) is 5.91 Å². The Morgan fingerprint density at radius 2 is 1.75 bits per heavy atom. The van der Waals surface area contributed by atoms with Gasteiger partial charge in [-0.2, -0.15) is 0 Å². The Labute approximate surface area is 210 Å². The smallest absolute Gasteiger partial charge is 0.260 e. The van der Waals surface area contributed by atoms with E-state index in [1.807, 2.05) is 17.0 Å². The molecule has 2 aliphatic heterocycles. The van der Waals surface area contributed by atoms with Gasteiger partial charge in [0.15, 0.2) is 18.1 Å². The number of fused-ring (bicyclic) bond motifs is 1. The van der Waals surface area contributed by atoms with Crippen LogP contribution in [0.25, 0.3) is 11.1 Å². The number of rotatable bonds is 7. The molecule has 0 aromatic heterocycles. The quantitative estimate of drug-likeness (QED) is 0.491. The molecule has 3 aromatic carbocycles. The number of hydrogen-bond acceptors (Lipinski definition) is 5. The Kier molecular flexibility index (Phi) is 7.26. The van der Waals surface area contributed by atoms with Crippen molar-refractivity contribution >= 4 is 5.91 Å². The van der Waals surface area contributed by atoms with Crippen LogP contribution in [0.5, 0.6) is 23.0 Å². The minimum Gasteiger partial charge on any atom is -0.507 e.